The molecule has 0 bridgehead atoms. The largest absolute Gasteiger partial charge is 0.496 e. The van der Waals surface area contributed by atoms with Crippen molar-refractivity contribution in [3.05, 3.63) is 29.3 Å². The molecule has 0 fully saturated rings. The molecule has 0 radical (unpaired) electrons. The smallest absolute Gasteiger partial charge is 0.261 e. The number of ether oxygens (including phenoxy) is 2. The van der Waals surface area contributed by atoms with E-state index < -0.39 is 13.0 Å². The molecule has 0 saturated heterocycles. The molecule has 0 unspecified atom stereocenters. The molecule has 0 aromatic heterocycles. The molecule has 1 aromatic rings. The molecule has 100 valence electrons. The molecule has 0 spiro atoms. The molecule has 0 atom stereocenters. The van der Waals surface area contributed by atoms with E-state index in [1.54, 1.807) is 12.1 Å². The second-order valence-corrected chi connectivity index (χ2v) is 3.84. The first kappa shape index (κ1) is 14.6. The van der Waals surface area contributed by atoms with Crippen LogP contribution in [0.5, 0.6) is 5.75 Å². The number of hydrogen-bond acceptors (Lipinski definition) is 3. The van der Waals surface area contributed by atoms with Crippen LogP contribution in [0.2, 0.25) is 0 Å². The van der Waals surface area contributed by atoms with Crippen molar-refractivity contribution in [3.63, 3.8) is 0 Å². The van der Waals surface area contributed by atoms with Crippen molar-refractivity contribution in [2.45, 2.75) is 19.8 Å². The molecule has 0 heterocycles. The van der Waals surface area contributed by atoms with Gasteiger partial charge in [0.2, 0.25) is 0 Å². The Morgan fingerprint density at radius 1 is 1.39 bits per heavy atom. The van der Waals surface area contributed by atoms with E-state index in [9.17, 15) is 13.6 Å². The summed E-state index contributed by atoms with van der Waals surface area (Å²) in [6.45, 7) is 1.21. The van der Waals surface area contributed by atoms with Gasteiger partial charge < -0.3 is 9.47 Å². The predicted octanol–water partition coefficient (Wildman–Crippen LogP) is 2.86. The lowest BCUT2D eigenvalue weighted by molar-refractivity contribution is 0.0169. The van der Waals surface area contributed by atoms with Crippen LogP contribution in [0.4, 0.5) is 8.78 Å². The number of benzene rings is 1. The fourth-order valence-electron chi connectivity index (χ4n) is 1.51. The van der Waals surface area contributed by atoms with Gasteiger partial charge in [-0.25, -0.2) is 8.78 Å². The zero-order valence-electron chi connectivity index (χ0n) is 10.4. The van der Waals surface area contributed by atoms with Gasteiger partial charge in [0, 0.05) is 6.42 Å². The van der Waals surface area contributed by atoms with Crippen molar-refractivity contribution >= 4 is 5.78 Å². The highest BCUT2D eigenvalue weighted by Crippen LogP contribution is 2.21. The third-order valence-electron chi connectivity index (χ3n) is 2.37. The van der Waals surface area contributed by atoms with Crippen LogP contribution >= 0.6 is 0 Å². The van der Waals surface area contributed by atoms with Crippen LogP contribution in [0.25, 0.3) is 0 Å². The van der Waals surface area contributed by atoms with E-state index in [1.165, 1.54) is 7.11 Å². The Kier molecular flexibility index (Phi) is 5.71. The third-order valence-corrected chi connectivity index (χ3v) is 2.37. The van der Waals surface area contributed by atoms with E-state index in [1.807, 2.05) is 13.0 Å². The number of halogens is 2. The Morgan fingerprint density at radius 2 is 2.11 bits per heavy atom. The van der Waals surface area contributed by atoms with E-state index in [-0.39, 0.29) is 18.8 Å². The molecule has 0 aliphatic heterocycles. The van der Waals surface area contributed by atoms with Gasteiger partial charge in [-0.1, -0.05) is 11.6 Å². The summed E-state index contributed by atoms with van der Waals surface area (Å²) in [4.78, 5) is 11.9. The lowest BCUT2D eigenvalue weighted by atomic mass is 10.0. The average molecular weight is 258 g/mol. The third kappa shape index (κ3) is 4.41. The summed E-state index contributed by atoms with van der Waals surface area (Å²) in [7, 11) is 1.48. The fraction of sp³-hybridized carbons (Fsp3) is 0.462. The summed E-state index contributed by atoms with van der Waals surface area (Å²) < 4.78 is 33.4. The van der Waals surface area contributed by atoms with Crippen LogP contribution in [0, 0.1) is 6.92 Å². The topological polar surface area (TPSA) is 35.5 Å². The van der Waals surface area contributed by atoms with Crippen molar-refractivity contribution in [2.24, 2.45) is 0 Å². The van der Waals surface area contributed by atoms with Gasteiger partial charge in [-0.05, 0) is 19.1 Å². The molecule has 0 aliphatic carbocycles. The molecule has 1 rings (SSSR count). The van der Waals surface area contributed by atoms with E-state index in [4.69, 9.17) is 4.74 Å². The maximum atomic E-state index is 11.9. The molecular formula is C13H16F2O3. The Bertz CT molecular complexity index is 405. The Labute approximate surface area is 105 Å². The molecule has 0 amide bonds. The first-order valence-corrected chi connectivity index (χ1v) is 5.58. The SMILES string of the molecule is COc1ccc(C)cc1C(=O)CCOCC(F)F. The fourth-order valence-corrected chi connectivity index (χ4v) is 1.51. The normalized spacial score (nSPS) is 10.7. The van der Waals surface area contributed by atoms with Gasteiger partial charge in [0.15, 0.2) is 5.78 Å². The minimum atomic E-state index is -2.51. The number of ketones is 1. The highest BCUT2D eigenvalue weighted by molar-refractivity contribution is 5.98. The Balaban J connectivity index is 2.58. The van der Waals surface area contributed by atoms with Crippen LogP contribution in [0.15, 0.2) is 18.2 Å². The summed E-state index contributed by atoms with van der Waals surface area (Å²) in [5.74, 6) is 0.310. The van der Waals surface area contributed by atoms with Gasteiger partial charge >= 0.3 is 0 Å². The molecule has 0 N–H and O–H groups in total. The Morgan fingerprint density at radius 3 is 2.72 bits per heavy atom. The van der Waals surface area contributed by atoms with Crippen LogP contribution < -0.4 is 4.74 Å². The highest BCUT2D eigenvalue weighted by atomic mass is 19.3. The highest BCUT2D eigenvalue weighted by Gasteiger charge is 2.12. The molecule has 1 aromatic carbocycles. The lowest BCUT2D eigenvalue weighted by Gasteiger charge is -2.08. The first-order valence-electron chi connectivity index (χ1n) is 5.58. The van der Waals surface area contributed by atoms with Crippen LogP contribution in [-0.4, -0.2) is 32.5 Å². The predicted molar refractivity (Wildman–Crippen MR) is 63.5 cm³/mol. The van der Waals surface area contributed by atoms with Gasteiger partial charge in [-0.3, -0.25) is 4.79 Å². The van der Waals surface area contributed by atoms with Gasteiger partial charge in [0.1, 0.15) is 12.4 Å². The maximum Gasteiger partial charge on any atom is 0.261 e. The minimum Gasteiger partial charge on any atom is -0.496 e. The first-order chi connectivity index (χ1) is 8.54. The number of aryl methyl sites for hydroxylation is 1. The number of carbonyl (C=O) groups is 1. The van der Waals surface area contributed by atoms with Crippen molar-refractivity contribution < 1.29 is 23.0 Å². The van der Waals surface area contributed by atoms with Gasteiger partial charge in [0.25, 0.3) is 6.43 Å². The molecule has 0 saturated carbocycles. The minimum absolute atomic E-state index is 0.0136. The van der Waals surface area contributed by atoms with Crippen molar-refractivity contribution in [3.8, 4) is 5.75 Å². The monoisotopic (exact) mass is 258 g/mol. The Hall–Kier alpha value is -1.49. The van der Waals surface area contributed by atoms with E-state index in [0.717, 1.165) is 5.56 Å². The number of hydrogen-bond donors (Lipinski definition) is 0. The number of methoxy groups -OCH3 is 1. The molecule has 18 heavy (non-hydrogen) atoms. The van der Waals surface area contributed by atoms with Crippen LogP contribution in [0.3, 0.4) is 0 Å². The summed E-state index contributed by atoms with van der Waals surface area (Å²) in [5.41, 5.74) is 1.39. The number of alkyl halides is 2. The zero-order valence-corrected chi connectivity index (χ0v) is 10.4. The zero-order chi connectivity index (χ0) is 13.5. The maximum absolute atomic E-state index is 11.9. The second-order valence-electron chi connectivity index (χ2n) is 3.84. The molecule has 5 heteroatoms. The number of Topliss-reactive ketones (excluding diaryl/α,β-unsaturated/α-hetero) is 1. The molecular weight excluding hydrogens is 242 g/mol. The quantitative estimate of drug-likeness (QED) is 0.557. The van der Waals surface area contributed by atoms with Crippen LogP contribution in [0.1, 0.15) is 22.3 Å². The van der Waals surface area contributed by atoms with Gasteiger partial charge in [0.05, 0.1) is 19.3 Å². The van der Waals surface area contributed by atoms with Gasteiger partial charge in [-0.15, -0.1) is 0 Å². The summed E-state index contributed by atoms with van der Waals surface area (Å²) >= 11 is 0. The number of rotatable bonds is 7. The van der Waals surface area contributed by atoms with Crippen molar-refractivity contribution in [1.29, 1.82) is 0 Å². The van der Waals surface area contributed by atoms with Crippen molar-refractivity contribution in [2.75, 3.05) is 20.3 Å². The van der Waals surface area contributed by atoms with Crippen molar-refractivity contribution in [1.82, 2.24) is 0 Å². The second kappa shape index (κ2) is 7.06. The van der Waals surface area contributed by atoms with Crippen LogP contribution in [-0.2, 0) is 4.74 Å². The van der Waals surface area contributed by atoms with E-state index >= 15 is 0 Å². The molecule has 0 aliphatic rings. The van der Waals surface area contributed by atoms with E-state index in [0.29, 0.717) is 11.3 Å². The summed E-state index contributed by atoms with van der Waals surface area (Å²) in [6, 6.07) is 5.26. The summed E-state index contributed by atoms with van der Waals surface area (Å²) in [5, 5.41) is 0. The molecule has 3 nitrogen and oxygen atoms in total. The lowest BCUT2D eigenvalue weighted by Crippen LogP contribution is -2.10. The van der Waals surface area contributed by atoms with Gasteiger partial charge in [-0.2, -0.15) is 0 Å². The number of carbonyl (C=O) groups excluding carboxylic acids is 1. The van der Waals surface area contributed by atoms with E-state index in [2.05, 4.69) is 4.74 Å². The standard InChI is InChI=1S/C13H16F2O3/c1-9-3-4-12(17-2)10(7-9)11(16)5-6-18-8-13(14)15/h3-4,7,13H,5-6,8H2,1-2H3. The summed E-state index contributed by atoms with van der Waals surface area (Å²) in [6.07, 6.45) is -2.44. The average Bonchev–Trinajstić information content (AvgIpc) is 2.34.